The van der Waals surface area contributed by atoms with Crippen molar-refractivity contribution in [1.29, 1.82) is 0 Å². The van der Waals surface area contributed by atoms with E-state index in [4.69, 9.17) is 19.4 Å². The second-order valence-electron chi connectivity index (χ2n) is 15.1. The Hall–Kier alpha value is -7.67. The van der Waals surface area contributed by atoms with E-state index in [-0.39, 0.29) is 0 Å². The number of para-hydroxylation sites is 2. The lowest BCUT2D eigenvalue weighted by Gasteiger charge is -2.16. The fourth-order valence-electron chi connectivity index (χ4n) is 9.10. The van der Waals surface area contributed by atoms with Crippen LogP contribution in [0.5, 0.6) is 0 Å². The van der Waals surface area contributed by atoms with Gasteiger partial charge in [0.1, 0.15) is 11.3 Å². The minimum atomic E-state index is 0.567. The highest BCUT2D eigenvalue weighted by Gasteiger charge is 2.25. The molecule has 13 rings (SSSR count). The van der Waals surface area contributed by atoms with Gasteiger partial charge in [0, 0.05) is 58.4 Å². The van der Waals surface area contributed by atoms with Crippen molar-refractivity contribution in [1.82, 2.24) is 19.5 Å². The summed E-state index contributed by atoms with van der Waals surface area (Å²) in [4.78, 5) is 16.1. The summed E-state index contributed by atoms with van der Waals surface area (Å²) in [6.45, 7) is 0. The molecule has 0 fully saturated rings. The minimum Gasteiger partial charge on any atom is -0.454 e. The van der Waals surface area contributed by atoms with Gasteiger partial charge in [0.05, 0.1) is 11.0 Å². The molecule has 0 N–H and O–H groups in total. The first-order valence-corrected chi connectivity index (χ1v) is 20.6. The van der Waals surface area contributed by atoms with Crippen molar-refractivity contribution in [3.8, 4) is 39.9 Å². The van der Waals surface area contributed by atoms with Gasteiger partial charge in [-0.3, -0.25) is 0 Å². The van der Waals surface area contributed by atoms with E-state index in [0.717, 1.165) is 71.5 Å². The molecule has 0 aliphatic heterocycles. The van der Waals surface area contributed by atoms with E-state index in [1.54, 1.807) is 11.3 Å². The number of furan rings is 1. The molecule has 13 aromatic rings. The lowest BCUT2D eigenvalue weighted by atomic mass is 10.0. The zero-order valence-electron chi connectivity index (χ0n) is 31.4. The normalized spacial score (nSPS) is 12.1. The topological polar surface area (TPSA) is 56.7 Å². The standard InChI is InChI=1S/C53H30N4OS/c1-2-14-33-30-45-42(28-32(33)13-1)36-17-5-8-21-44(36)57(45)49-41(26-25-39-37-18-6-9-22-46(37)58-50(39)49)53-55-51(34-24-27-48-43(29-34)38-19-7-10-23-47(38)59-48)54-52(56-53)40-20-11-15-31-12-3-4-16-35(31)40/h1-30H. The van der Waals surface area contributed by atoms with Gasteiger partial charge in [0.15, 0.2) is 23.1 Å². The predicted molar refractivity (Wildman–Crippen MR) is 246 cm³/mol. The van der Waals surface area contributed by atoms with Crippen LogP contribution in [0.4, 0.5) is 0 Å². The Morgan fingerprint density at radius 3 is 1.93 bits per heavy atom. The molecule has 0 radical (unpaired) electrons. The van der Waals surface area contributed by atoms with Crippen molar-refractivity contribution in [3.63, 3.8) is 0 Å². The van der Waals surface area contributed by atoms with Crippen LogP contribution in [0.2, 0.25) is 0 Å². The van der Waals surface area contributed by atoms with Crippen LogP contribution < -0.4 is 0 Å². The van der Waals surface area contributed by atoms with Crippen molar-refractivity contribution in [2.75, 3.05) is 0 Å². The molecule has 0 aliphatic carbocycles. The molecule has 0 amide bonds. The summed E-state index contributed by atoms with van der Waals surface area (Å²) in [6.07, 6.45) is 0. The Kier molecular flexibility index (Phi) is 6.82. The average Bonchev–Trinajstić information content (AvgIpc) is 3.97. The van der Waals surface area contributed by atoms with Crippen molar-refractivity contribution >= 4 is 96.8 Å². The van der Waals surface area contributed by atoms with Crippen LogP contribution in [0.25, 0.3) is 125 Å². The van der Waals surface area contributed by atoms with Crippen molar-refractivity contribution < 1.29 is 4.42 Å². The molecule has 0 spiro atoms. The molecule has 274 valence electrons. The van der Waals surface area contributed by atoms with Crippen LogP contribution in [0.3, 0.4) is 0 Å². The molecular formula is C53H30N4OS. The largest absolute Gasteiger partial charge is 0.454 e. The Morgan fingerprint density at radius 1 is 0.390 bits per heavy atom. The molecule has 5 nitrogen and oxygen atoms in total. The highest BCUT2D eigenvalue weighted by atomic mass is 32.1. The van der Waals surface area contributed by atoms with Gasteiger partial charge in [-0.2, -0.15) is 0 Å². The first-order chi connectivity index (χ1) is 29.2. The molecule has 0 aliphatic rings. The SMILES string of the molecule is c1ccc2cc3c(cc2c1)c1ccccc1n3-c1c(-c2nc(-c3ccc4sc5ccccc5c4c3)nc(-c3cccc4ccccc34)n2)ccc2c1oc1ccccc12. The second kappa shape index (κ2) is 12.4. The van der Waals surface area contributed by atoms with Crippen LogP contribution >= 0.6 is 11.3 Å². The Labute approximate surface area is 341 Å². The average molecular weight is 771 g/mol. The molecule has 0 bridgehead atoms. The third-order valence-corrected chi connectivity index (χ3v) is 13.0. The van der Waals surface area contributed by atoms with Crippen molar-refractivity contribution in [3.05, 3.63) is 182 Å². The zero-order valence-corrected chi connectivity index (χ0v) is 32.2. The summed E-state index contributed by atoms with van der Waals surface area (Å²) in [5.41, 5.74) is 7.38. The van der Waals surface area contributed by atoms with Crippen molar-refractivity contribution in [2.24, 2.45) is 0 Å². The Morgan fingerprint density at radius 2 is 1.05 bits per heavy atom. The van der Waals surface area contributed by atoms with E-state index in [1.807, 2.05) is 12.1 Å². The number of hydrogen-bond acceptors (Lipinski definition) is 5. The molecule has 0 atom stereocenters. The van der Waals surface area contributed by atoms with E-state index in [1.165, 1.54) is 36.3 Å². The maximum atomic E-state index is 6.93. The molecule has 4 heterocycles. The third-order valence-electron chi connectivity index (χ3n) is 11.8. The lowest BCUT2D eigenvalue weighted by Crippen LogP contribution is -2.04. The van der Waals surface area contributed by atoms with Crippen LogP contribution in [-0.4, -0.2) is 19.5 Å². The van der Waals surface area contributed by atoms with Gasteiger partial charge in [-0.1, -0.05) is 121 Å². The summed E-state index contributed by atoms with van der Waals surface area (Å²) in [5.74, 6) is 1.79. The van der Waals surface area contributed by atoms with Gasteiger partial charge in [-0.25, -0.2) is 15.0 Å². The van der Waals surface area contributed by atoms with Crippen molar-refractivity contribution in [2.45, 2.75) is 0 Å². The van der Waals surface area contributed by atoms with E-state index in [2.05, 4.69) is 174 Å². The number of fused-ring (bicyclic) bond motifs is 11. The van der Waals surface area contributed by atoms with Gasteiger partial charge in [-0.15, -0.1) is 11.3 Å². The highest BCUT2D eigenvalue weighted by molar-refractivity contribution is 7.25. The molecular weight excluding hydrogens is 741 g/mol. The predicted octanol–water partition coefficient (Wildman–Crippen LogP) is 14.5. The lowest BCUT2D eigenvalue weighted by molar-refractivity contribution is 0.666. The number of benzene rings is 9. The monoisotopic (exact) mass is 770 g/mol. The van der Waals surface area contributed by atoms with Gasteiger partial charge in [0.25, 0.3) is 0 Å². The number of hydrogen-bond donors (Lipinski definition) is 0. The zero-order chi connectivity index (χ0) is 38.6. The fraction of sp³-hybridized carbons (Fsp3) is 0. The molecule has 0 saturated carbocycles. The van der Waals surface area contributed by atoms with E-state index >= 15 is 0 Å². The highest BCUT2D eigenvalue weighted by Crippen LogP contribution is 2.44. The molecule has 0 saturated heterocycles. The smallest absolute Gasteiger partial charge is 0.166 e. The Balaban J connectivity index is 1.16. The summed E-state index contributed by atoms with van der Waals surface area (Å²) in [7, 11) is 0. The maximum Gasteiger partial charge on any atom is 0.166 e. The van der Waals surface area contributed by atoms with Crippen LogP contribution in [-0.2, 0) is 0 Å². The van der Waals surface area contributed by atoms with Gasteiger partial charge < -0.3 is 8.98 Å². The number of nitrogens with zero attached hydrogens (tertiary/aromatic N) is 4. The fourth-order valence-corrected chi connectivity index (χ4v) is 10.2. The summed E-state index contributed by atoms with van der Waals surface area (Å²) >= 11 is 1.81. The summed E-state index contributed by atoms with van der Waals surface area (Å²) < 4.78 is 11.8. The van der Waals surface area contributed by atoms with Crippen LogP contribution in [0.1, 0.15) is 0 Å². The molecule has 0 unspecified atom stereocenters. The van der Waals surface area contributed by atoms with E-state index in [0.29, 0.717) is 17.5 Å². The minimum absolute atomic E-state index is 0.567. The number of thiophene rings is 1. The second-order valence-corrected chi connectivity index (χ2v) is 16.2. The first-order valence-electron chi connectivity index (χ1n) is 19.8. The van der Waals surface area contributed by atoms with Crippen LogP contribution in [0.15, 0.2) is 186 Å². The summed E-state index contributed by atoms with van der Waals surface area (Å²) in [5, 5.41) is 11.4. The number of rotatable bonds is 4. The number of aromatic nitrogens is 4. The van der Waals surface area contributed by atoms with Gasteiger partial charge in [-0.05, 0) is 82.2 Å². The first kappa shape index (κ1) is 32.4. The Bertz CT molecular complexity index is 3870. The van der Waals surface area contributed by atoms with Gasteiger partial charge in [0.2, 0.25) is 0 Å². The maximum absolute atomic E-state index is 6.93. The van der Waals surface area contributed by atoms with E-state index < -0.39 is 0 Å². The van der Waals surface area contributed by atoms with Gasteiger partial charge >= 0.3 is 0 Å². The third kappa shape index (κ3) is 4.87. The molecule has 9 aromatic carbocycles. The molecule has 59 heavy (non-hydrogen) atoms. The summed E-state index contributed by atoms with van der Waals surface area (Å²) in [6, 6.07) is 64.4. The molecule has 4 aromatic heterocycles. The molecule has 6 heteroatoms. The van der Waals surface area contributed by atoms with Crippen LogP contribution in [0, 0.1) is 0 Å². The van der Waals surface area contributed by atoms with E-state index in [9.17, 15) is 0 Å². The quantitative estimate of drug-likeness (QED) is 0.179.